The fourth-order valence-electron chi connectivity index (χ4n) is 0.694. The van der Waals surface area contributed by atoms with Crippen LogP contribution in [0.25, 0.3) is 0 Å². The van der Waals surface area contributed by atoms with E-state index in [-0.39, 0.29) is 10.8 Å². The molecule has 0 nitrogen and oxygen atoms in total. The lowest BCUT2D eigenvalue weighted by atomic mass is 9.81. The molecule has 0 rings (SSSR count). The first-order valence-electron chi connectivity index (χ1n) is 4.93. The quantitative estimate of drug-likeness (QED) is 0.518. The van der Waals surface area contributed by atoms with E-state index >= 15 is 0 Å². The van der Waals surface area contributed by atoms with Gasteiger partial charge in [-0.2, -0.15) is 0 Å². The van der Waals surface area contributed by atoms with Crippen LogP contribution < -0.4 is 0 Å². The van der Waals surface area contributed by atoms with Gasteiger partial charge in [0.05, 0.1) is 0 Å². The first-order chi connectivity index (χ1) is 5.55. The summed E-state index contributed by atoms with van der Waals surface area (Å²) in [5.74, 6) is 0. The van der Waals surface area contributed by atoms with E-state index in [0.717, 1.165) is 0 Å². The lowest BCUT2D eigenvalue weighted by Gasteiger charge is -2.24. The van der Waals surface area contributed by atoms with Crippen LogP contribution >= 0.6 is 0 Å². The average Bonchev–Trinajstić information content (AvgIpc) is 1.82. The standard InChI is InChI=1S/C13H24/c1-10(12(3,4)5)9-11(2)13(6,7)8/h9H,1H2,2-8H3. The van der Waals surface area contributed by atoms with Gasteiger partial charge in [-0.25, -0.2) is 0 Å². The highest BCUT2D eigenvalue weighted by atomic mass is 14.2. The molecule has 0 fully saturated rings. The van der Waals surface area contributed by atoms with Crippen molar-refractivity contribution in [3.63, 3.8) is 0 Å². The number of allylic oxidation sites excluding steroid dienone is 3. The van der Waals surface area contributed by atoms with Gasteiger partial charge in [-0.05, 0) is 23.3 Å². The predicted molar refractivity (Wildman–Crippen MR) is 61.8 cm³/mol. The second-order valence-corrected chi connectivity index (χ2v) is 5.85. The minimum Gasteiger partial charge on any atom is -0.0953 e. The minimum atomic E-state index is 0.187. The molecule has 0 atom stereocenters. The first-order valence-corrected chi connectivity index (χ1v) is 4.93. The molecule has 13 heavy (non-hydrogen) atoms. The molecule has 0 heteroatoms. The molecule has 76 valence electrons. The zero-order chi connectivity index (χ0) is 10.9. The number of hydrogen-bond donors (Lipinski definition) is 0. The van der Waals surface area contributed by atoms with E-state index in [2.05, 4.69) is 61.1 Å². The normalized spacial score (nSPS) is 14.5. The van der Waals surface area contributed by atoms with Gasteiger partial charge in [-0.1, -0.05) is 59.8 Å². The maximum absolute atomic E-state index is 4.10. The largest absolute Gasteiger partial charge is 0.0953 e. The van der Waals surface area contributed by atoms with Crippen molar-refractivity contribution in [3.8, 4) is 0 Å². The molecule has 0 spiro atoms. The Morgan fingerprint density at radius 1 is 0.923 bits per heavy atom. The van der Waals surface area contributed by atoms with Gasteiger partial charge in [0.25, 0.3) is 0 Å². The molecule has 0 N–H and O–H groups in total. The van der Waals surface area contributed by atoms with Crippen LogP contribution in [-0.4, -0.2) is 0 Å². The maximum Gasteiger partial charge on any atom is -0.0138 e. The van der Waals surface area contributed by atoms with Crippen LogP contribution in [0.3, 0.4) is 0 Å². The van der Waals surface area contributed by atoms with Crippen LogP contribution in [0, 0.1) is 10.8 Å². The molecule has 0 saturated heterocycles. The predicted octanol–water partition coefficient (Wildman–Crippen LogP) is 4.58. The summed E-state index contributed by atoms with van der Waals surface area (Å²) in [5, 5.41) is 0. The Kier molecular flexibility index (Phi) is 3.54. The van der Waals surface area contributed by atoms with Gasteiger partial charge in [0.1, 0.15) is 0 Å². The summed E-state index contributed by atoms with van der Waals surface area (Å²) in [6.45, 7) is 19.6. The van der Waals surface area contributed by atoms with Crippen LogP contribution in [0.1, 0.15) is 48.5 Å². The zero-order valence-electron chi connectivity index (χ0n) is 10.3. The van der Waals surface area contributed by atoms with E-state index in [1.807, 2.05) is 0 Å². The van der Waals surface area contributed by atoms with Gasteiger partial charge in [0.2, 0.25) is 0 Å². The summed E-state index contributed by atoms with van der Waals surface area (Å²) in [5.41, 5.74) is 3.05. The van der Waals surface area contributed by atoms with Gasteiger partial charge in [-0.3, -0.25) is 0 Å². The highest BCUT2D eigenvalue weighted by Crippen LogP contribution is 2.30. The molecule has 0 heterocycles. The Labute approximate surface area is 83.7 Å². The SMILES string of the molecule is C=C(C=C(C)C(C)(C)C)C(C)(C)C. The molecule has 0 bridgehead atoms. The second kappa shape index (κ2) is 3.69. The highest BCUT2D eigenvalue weighted by Gasteiger charge is 2.17. The molecule has 0 aliphatic rings. The zero-order valence-corrected chi connectivity index (χ0v) is 10.3. The minimum absolute atomic E-state index is 0.187. The lowest BCUT2D eigenvalue weighted by molar-refractivity contribution is 0.490. The van der Waals surface area contributed by atoms with Gasteiger partial charge in [0.15, 0.2) is 0 Å². The van der Waals surface area contributed by atoms with Crippen LogP contribution in [0.2, 0.25) is 0 Å². The van der Waals surface area contributed by atoms with Crippen molar-refractivity contribution in [1.29, 1.82) is 0 Å². The van der Waals surface area contributed by atoms with Crippen LogP contribution in [-0.2, 0) is 0 Å². The molecule has 0 aliphatic heterocycles. The molecular formula is C13H24. The average molecular weight is 180 g/mol. The topological polar surface area (TPSA) is 0 Å². The molecule has 0 aromatic carbocycles. The summed E-state index contributed by atoms with van der Waals surface area (Å²) in [6.07, 6.45) is 2.22. The Bertz CT molecular complexity index is 215. The van der Waals surface area contributed by atoms with E-state index in [9.17, 15) is 0 Å². The Morgan fingerprint density at radius 3 is 1.54 bits per heavy atom. The molecule has 0 aromatic heterocycles. The smallest absolute Gasteiger partial charge is 0.0138 e. The summed E-state index contributed by atoms with van der Waals surface area (Å²) in [6, 6.07) is 0. The third kappa shape index (κ3) is 4.31. The van der Waals surface area contributed by atoms with Crippen molar-refractivity contribution < 1.29 is 0 Å². The molecular weight excluding hydrogens is 156 g/mol. The van der Waals surface area contributed by atoms with Gasteiger partial charge in [-0.15, -0.1) is 0 Å². The molecule has 0 aliphatic carbocycles. The highest BCUT2D eigenvalue weighted by molar-refractivity contribution is 5.27. The van der Waals surface area contributed by atoms with Crippen molar-refractivity contribution >= 4 is 0 Å². The second-order valence-electron chi connectivity index (χ2n) is 5.85. The van der Waals surface area contributed by atoms with Crippen molar-refractivity contribution in [2.45, 2.75) is 48.5 Å². The maximum atomic E-state index is 4.10. The summed E-state index contributed by atoms with van der Waals surface area (Å²) >= 11 is 0. The molecule has 0 aromatic rings. The van der Waals surface area contributed by atoms with Gasteiger partial charge in [0, 0.05) is 0 Å². The summed E-state index contributed by atoms with van der Waals surface area (Å²) < 4.78 is 0. The van der Waals surface area contributed by atoms with Crippen molar-refractivity contribution in [2.75, 3.05) is 0 Å². The van der Waals surface area contributed by atoms with E-state index < -0.39 is 0 Å². The Balaban J connectivity index is 4.70. The third-order valence-corrected chi connectivity index (χ3v) is 2.54. The molecule has 0 amide bonds. The van der Waals surface area contributed by atoms with Crippen LogP contribution in [0.5, 0.6) is 0 Å². The molecule has 0 saturated carbocycles. The lowest BCUT2D eigenvalue weighted by Crippen LogP contribution is -2.11. The fourth-order valence-corrected chi connectivity index (χ4v) is 0.694. The Morgan fingerprint density at radius 2 is 1.31 bits per heavy atom. The molecule has 0 unspecified atom stereocenters. The van der Waals surface area contributed by atoms with E-state index in [0.29, 0.717) is 0 Å². The van der Waals surface area contributed by atoms with Crippen molar-refractivity contribution in [1.82, 2.24) is 0 Å². The number of hydrogen-bond acceptors (Lipinski definition) is 0. The van der Waals surface area contributed by atoms with E-state index in [1.54, 1.807) is 0 Å². The summed E-state index contributed by atoms with van der Waals surface area (Å²) in [4.78, 5) is 0. The number of rotatable bonds is 1. The summed E-state index contributed by atoms with van der Waals surface area (Å²) in [7, 11) is 0. The molecule has 0 radical (unpaired) electrons. The van der Waals surface area contributed by atoms with Gasteiger partial charge < -0.3 is 0 Å². The van der Waals surface area contributed by atoms with Gasteiger partial charge >= 0.3 is 0 Å². The van der Waals surface area contributed by atoms with E-state index in [4.69, 9.17) is 0 Å². The Hall–Kier alpha value is -0.520. The van der Waals surface area contributed by atoms with Crippen molar-refractivity contribution in [2.24, 2.45) is 10.8 Å². The third-order valence-electron chi connectivity index (χ3n) is 2.54. The van der Waals surface area contributed by atoms with Crippen LogP contribution in [0.4, 0.5) is 0 Å². The monoisotopic (exact) mass is 180 g/mol. The van der Waals surface area contributed by atoms with Crippen LogP contribution in [0.15, 0.2) is 23.8 Å². The first kappa shape index (κ1) is 12.5. The van der Waals surface area contributed by atoms with E-state index in [1.165, 1.54) is 11.1 Å². The van der Waals surface area contributed by atoms with Crippen molar-refractivity contribution in [3.05, 3.63) is 23.8 Å². The fraction of sp³-hybridized carbons (Fsp3) is 0.692.